The molecule has 0 fully saturated rings. The Kier molecular flexibility index (Phi) is 5.44. The maximum Gasteiger partial charge on any atom is 0.226 e. The number of hydrogen-bond acceptors (Lipinski definition) is 1. The van der Waals surface area contributed by atoms with E-state index in [0.29, 0.717) is 16.4 Å². The molecule has 0 atom stereocenters. The molecule has 0 aliphatic heterocycles. The molecule has 1 nitrogen and oxygen atoms in total. The molecule has 0 saturated carbocycles. The van der Waals surface area contributed by atoms with E-state index in [4.69, 9.17) is 27.6 Å². The molecule has 4 heteroatoms. The molecule has 0 rings (SSSR count). The topological polar surface area (TPSA) is 9.23 Å². The van der Waals surface area contributed by atoms with Crippen LogP contribution in [0.5, 0.6) is 0 Å². The van der Waals surface area contributed by atoms with Crippen molar-refractivity contribution in [2.45, 2.75) is 11.4 Å². The maximum absolute atomic E-state index is 5.30. The van der Waals surface area contributed by atoms with E-state index in [1.807, 2.05) is 6.55 Å². The Morgan fingerprint density at radius 1 is 1.71 bits per heavy atom. The number of halogens is 2. The van der Waals surface area contributed by atoms with Crippen molar-refractivity contribution < 1.29 is 4.43 Å². The largest absolute Gasteiger partial charge is 0.415 e. The third-order valence-corrected chi connectivity index (χ3v) is 1.06. The first-order chi connectivity index (χ1) is 3.27. The predicted octanol–water partition coefficient (Wildman–Crippen LogP) is 1.47. The van der Waals surface area contributed by atoms with Crippen LogP contribution in [0.1, 0.15) is 0 Å². The minimum Gasteiger partial charge on any atom is -0.415 e. The fourth-order valence-corrected chi connectivity index (χ4v) is 0.817. The van der Waals surface area contributed by atoms with Crippen molar-refractivity contribution in [1.29, 1.82) is 0 Å². The van der Waals surface area contributed by atoms with E-state index >= 15 is 0 Å². The molecule has 0 aliphatic rings. The summed E-state index contributed by atoms with van der Waals surface area (Å²) < 4.78 is 4.86. The standard InChI is InChI=1S/C3H6Cl2OSi/c1-7-6-2-3(4)5/h3H,2H2,1H3. The molecule has 0 amide bonds. The van der Waals surface area contributed by atoms with E-state index in [9.17, 15) is 0 Å². The molecule has 2 radical (unpaired) electrons. The second-order valence-corrected chi connectivity index (χ2v) is 2.88. The van der Waals surface area contributed by atoms with Gasteiger partial charge in [0, 0.05) is 0 Å². The predicted molar refractivity (Wildman–Crippen MR) is 33.1 cm³/mol. The summed E-state index contributed by atoms with van der Waals surface area (Å²) in [6, 6.07) is 0. The van der Waals surface area contributed by atoms with Crippen LogP contribution in [0.2, 0.25) is 6.55 Å². The molecule has 0 aromatic rings. The van der Waals surface area contributed by atoms with Crippen LogP contribution in [0.4, 0.5) is 0 Å². The Labute approximate surface area is 55.9 Å². The van der Waals surface area contributed by atoms with Crippen molar-refractivity contribution in [3.8, 4) is 0 Å². The Balaban J connectivity index is 2.68. The lowest BCUT2D eigenvalue weighted by Crippen LogP contribution is -2.02. The Morgan fingerprint density at radius 2 is 2.29 bits per heavy atom. The quantitative estimate of drug-likeness (QED) is 0.445. The third-order valence-electron chi connectivity index (χ3n) is 0.354. The summed E-state index contributed by atoms with van der Waals surface area (Å²) in [6.45, 7) is 2.37. The lowest BCUT2D eigenvalue weighted by atomic mass is 10.9. The van der Waals surface area contributed by atoms with E-state index in [0.717, 1.165) is 0 Å². The van der Waals surface area contributed by atoms with Crippen LogP contribution < -0.4 is 0 Å². The molecule has 0 spiro atoms. The van der Waals surface area contributed by atoms with Gasteiger partial charge in [-0.1, -0.05) is 0 Å². The number of alkyl halides is 2. The van der Waals surface area contributed by atoms with E-state index in [1.54, 1.807) is 0 Å². The fraction of sp³-hybridized carbons (Fsp3) is 1.00. The van der Waals surface area contributed by atoms with E-state index in [1.165, 1.54) is 0 Å². The van der Waals surface area contributed by atoms with Crippen LogP contribution in [-0.4, -0.2) is 21.2 Å². The van der Waals surface area contributed by atoms with Gasteiger partial charge >= 0.3 is 0 Å². The van der Waals surface area contributed by atoms with Gasteiger partial charge < -0.3 is 4.43 Å². The number of hydrogen-bond donors (Lipinski definition) is 0. The van der Waals surface area contributed by atoms with Crippen LogP contribution in [0.3, 0.4) is 0 Å². The van der Waals surface area contributed by atoms with Gasteiger partial charge in [-0.15, -0.1) is 23.2 Å². The van der Waals surface area contributed by atoms with Gasteiger partial charge in [-0.2, -0.15) is 0 Å². The highest BCUT2D eigenvalue weighted by Gasteiger charge is 1.94. The normalized spacial score (nSPS) is 10.3. The monoisotopic (exact) mass is 156 g/mol. The van der Waals surface area contributed by atoms with Gasteiger partial charge in [0.1, 0.15) is 4.84 Å². The molecule has 0 aromatic heterocycles. The summed E-state index contributed by atoms with van der Waals surface area (Å²) in [5.41, 5.74) is 0. The third kappa shape index (κ3) is 6.76. The van der Waals surface area contributed by atoms with E-state index < -0.39 is 0 Å². The minimum atomic E-state index is -0.368. The van der Waals surface area contributed by atoms with Crippen molar-refractivity contribution in [2.75, 3.05) is 6.61 Å². The average molecular weight is 157 g/mol. The van der Waals surface area contributed by atoms with Gasteiger partial charge in [0.25, 0.3) is 0 Å². The zero-order valence-corrected chi connectivity index (χ0v) is 6.46. The van der Waals surface area contributed by atoms with Crippen LogP contribution in [0, 0.1) is 0 Å². The second-order valence-electron chi connectivity index (χ2n) is 0.906. The average Bonchev–Trinajstić information content (AvgIpc) is 1.61. The van der Waals surface area contributed by atoms with Crippen LogP contribution >= 0.6 is 23.2 Å². The van der Waals surface area contributed by atoms with Gasteiger partial charge in [0.15, 0.2) is 0 Å². The lowest BCUT2D eigenvalue weighted by molar-refractivity contribution is 0.358. The first-order valence-electron chi connectivity index (χ1n) is 1.84. The molecule has 0 saturated heterocycles. The first-order valence-corrected chi connectivity index (χ1v) is 4.12. The van der Waals surface area contributed by atoms with E-state index in [2.05, 4.69) is 0 Å². The molecular weight excluding hydrogens is 151 g/mol. The zero-order valence-electron chi connectivity index (χ0n) is 3.95. The molecule has 0 N–H and O–H groups in total. The minimum absolute atomic E-state index is 0.368. The summed E-state index contributed by atoms with van der Waals surface area (Å²) in [5, 5.41) is 0. The van der Waals surface area contributed by atoms with Crippen molar-refractivity contribution >= 4 is 33.0 Å². The van der Waals surface area contributed by atoms with Crippen molar-refractivity contribution in [3.63, 3.8) is 0 Å². The van der Waals surface area contributed by atoms with E-state index in [-0.39, 0.29) is 4.84 Å². The lowest BCUT2D eigenvalue weighted by Gasteiger charge is -1.96. The van der Waals surface area contributed by atoms with Gasteiger partial charge in [0.2, 0.25) is 9.76 Å². The molecule has 0 aliphatic carbocycles. The zero-order chi connectivity index (χ0) is 5.70. The highest BCUT2D eigenvalue weighted by atomic mass is 35.5. The van der Waals surface area contributed by atoms with Crippen molar-refractivity contribution in [3.05, 3.63) is 0 Å². The van der Waals surface area contributed by atoms with Crippen LogP contribution in [-0.2, 0) is 4.43 Å². The Morgan fingerprint density at radius 3 is 2.43 bits per heavy atom. The highest BCUT2D eigenvalue weighted by Crippen LogP contribution is 1.99. The summed E-state index contributed by atoms with van der Waals surface area (Å²) in [5.74, 6) is 0. The SMILES string of the molecule is C[Si]OCC(Cl)Cl. The van der Waals surface area contributed by atoms with Crippen molar-refractivity contribution in [1.82, 2.24) is 0 Å². The smallest absolute Gasteiger partial charge is 0.226 e. The molecule has 0 unspecified atom stereocenters. The highest BCUT2D eigenvalue weighted by molar-refractivity contribution is 6.44. The summed E-state index contributed by atoms with van der Waals surface area (Å²) in [4.78, 5) is -0.368. The second kappa shape index (κ2) is 4.90. The molecule has 0 bridgehead atoms. The Bertz CT molecular complexity index is 41.9. The molecule has 42 valence electrons. The molecule has 0 heterocycles. The van der Waals surface area contributed by atoms with Gasteiger partial charge in [-0.3, -0.25) is 0 Å². The summed E-state index contributed by atoms with van der Waals surface area (Å²) in [7, 11) is 0.482. The van der Waals surface area contributed by atoms with Crippen LogP contribution in [0.25, 0.3) is 0 Å². The number of rotatable bonds is 3. The van der Waals surface area contributed by atoms with Crippen molar-refractivity contribution in [2.24, 2.45) is 0 Å². The fourth-order valence-electron chi connectivity index (χ4n) is 0.146. The maximum atomic E-state index is 5.30. The molecule has 0 aromatic carbocycles. The molecule has 7 heavy (non-hydrogen) atoms. The Hall–Kier alpha value is 0.757. The first kappa shape index (κ1) is 7.76. The van der Waals surface area contributed by atoms with Gasteiger partial charge in [-0.05, 0) is 6.55 Å². The summed E-state index contributed by atoms with van der Waals surface area (Å²) >= 11 is 10.6. The van der Waals surface area contributed by atoms with Gasteiger partial charge in [-0.25, -0.2) is 0 Å². The molecular formula is C3H6Cl2OSi. The van der Waals surface area contributed by atoms with Crippen LogP contribution in [0.15, 0.2) is 0 Å². The summed E-state index contributed by atoms with van der Waals surface area (Å²) in [6.07, 6.45) is 0. The van der Waals surface area contributed by atoms with Gasteiger partial charge in [0.05, 0.1) is 6.61 Å².